The summed E-state index contributed by atoms with van der Waals surface area (Å²) in [6.45, 7) is -0.364. The van der Waals surface area contributed by atoms with Crippen LogP contribution in [-0.2, 0) is 6.42 Å². The molecule has 0 bridgehead atoms. The maximum absolute atomic E-state index is 12.9. The van der Waals surface area contributed by atoms with Crippen molar-refractivity contribution in [2.24, 2.45) is 0 Å². The second-order valence-corrected chi connectivity index (χ2v) is 7.70. The Balaban J connectivity index is 1.53. The Labute approximate surface area is 171 Å². The van der Waals surface area contributed by atoms with Crippen LogP contribution in [0.4, 0.5) is 0 Å². The highest BCUT2D eigenvalue weighted by Crippen LogP contribution is 2.25. The molecule has 148 valence electrons. The largest absolute Gasteiger partial charge is 0.394 e. The van der Waals surface area contributed by atoms with Crippen LogP contribution < -0.4 is 5.32 Å². The molecule has 2 atom stereocenters. The Morgan fingerprint density at radius 1 is 1.14 bits per heavy atom. The summed E-state index contributed by atoms with van der Waals surface area (Å²) in [6, 6.07) is 14.1. The van der Waals surface area contributed by atoms with Crippen LogP contribution in [0.25, 0.3) is 11.0 Å². The highest BCUT2D eigenvalue weighted by Gasteiger charge is 2.24. The molecule has 4 rings (SSSR count). The van der Waals surface area contributed by atoms with E-state index in [-0.39, 0.29) is 12.5 Å². The van der Waals surface area contributed by atoms with Gasteiger partial charge in [0, 0.05) is 17.8 Å². The standard InChI is InChI=1S/C22H21N3O3S/c26-13-18(19(27)14-4-2-1-3-5-14)25-22(28)20-16(8-11-29-20)12-15-6-9-23-21-17(15)7-10-24-21/h1-11,18-19,26-27H,12-13H2,(H,23,24)(H,25,28). The van der Waals surface area contributed by atoms with E-state index < -0.39 is 12.1 Å². The van der Waals surface area contributed by atoms with Gasteiger partial charge < -0.3 is 20.5 Å². The Morgan fingerprint density at radius 3 is 2.76 bits per heavy atom. The van der Waals surface area contributed by atoms with Crippen LogP contribution in [0.2, 0.25) is 0 Å². The van der Waals surface area contributed by atoms with E-state index >= 15 is 0 Å². The number of benzene rings is 1. The predicted octanol–water partition coefficient (Wildman–Crippen LogP) is 3.04. The number of aliphatic hydroxyl groups excluding tert-OH is 2. The van der Waals surface area contributed by atoms with E-state index in [2.05, 4.69) is 15.3 Å². The Bertz CT molecular complexity index is 1110. The molecule has 3 heterocycles. The van der Waals surface area contributed by atoms with Gasteiger partial charge in [-0.1, -0.05) is 30.3 Å². The number of H-pyrrole nitrogens is 1. The van der Waals surface area contributed by atoms with Gasteiger partial charge in [0.1, 0.15) is 11.8 Å². The minimum atomic E-state index is -0.992. The number of aromatic nitrogens is 2. The van der Waals surface area contributed by atoms with Gasteiger partial charge in [-0.15, -0.1) is 11.3 Å². The van der Waals surface area contributed by atoms with Gasteiger partial charge in [-0.25, -0.2) is 4.98 Å². The monoisotopic (exact) mass is 407 g/mol. The maximum atomic E-state index is 12.9. The van der Waals surface area contributed by atoms with Crippen molar-refractivity contribution in [3.8, 4) is 0 Å². The number of aromatic amines is 1. The summed E-state index contributed by atoms with van der Waals surface area (Å²) < 4.78 is 0. The Kier molecular flexibility index (Phi) is 5.71. The number of thiophene rings is 1. The fourth-order valence-electron chi connectivity index (χ4n) is 3.39. The molecule has 0 spiro atoms. The van der Waals surface area contributed by atoms with E-state index in [1.807, 2.05) is 48.0 Å². The Morgan fingerprint density at radius 2 is 1.97 bits per heavy atom. The lowest BCUT2D eigenvalue weighted by atomic mass is 10.0. The quantitative estimate of drug-likeness (QED) is 0.378. The van der Waals surface area contributed by atoms with Crippen LogP contribution >= 0.6 is 11.3 Å². The van der Waals surface area contributed by atoms with E-state index in [4.69, 9.17) is 0 Å². The molecular weight excluding hydrogens is 386 g/mol. The van der Waals surface area contributed by atoms with Gasteiger partial charge in [0.05, 0.1) is 17.5 Å². The lowest BCUT2D eigenvalue weighted by molar-refractivity contribution is 0.0705. The molecule has 0 radical (unpaired) electrons. The van der Waals surface area contributed by atoms with Crippen molar-refractivity contribution < 1.29 is 15.0 Å². The number of aliphatic hydroxyl groups is 2. The first-order valence-corrected chi connectivity index (χ1v) is 10.2. The van der Waals surface area contributed by atoms with Crippen molar-refractivity contribution >= 4 is 28.3 Å². The number of hydrogen-bond acceptors (Lipinski definition) is 5. The average molecular weight is 407 g/mol. The number of nitrogens with one attached hydrogen (secondary N) is 2. The second kappa shape index (κ2) is 8.57. The smallest absolute Gasteiger partial charge is 0.262 e. The fourth-order valence-corrected chi connectivity index (χ4v) is 4.22. The first-order chi connectivity index (χ1) is 14.2. The zero-order chi connectivity index (χ0) is 20.2. The molecule has 0 fully saturated rings. The first-order valence-electron chi connectivity index (χ1n) is 9.29. The Hall–Kier alpha value is -3.00. The third kappa shape index (κ3) is 4.07. The summed E-state index contributed by atoms with van der Waals surface area (Å²) in [5, 5.41) is 25.9. The van der Waals surface area contributed by atoms with Crippen molar-refractivity contribution in [2.75, 3.05) is 6.61 Å². The average Bonchev–Trinajstić information content (AvgIpc) is 3.42. The maximum Gasteiger partial charge on any atom is 0.262 e. The van der Waals surface area contributed by atoms with E-state index in [1.165, 1.54) is 11.3 Å². The van der Waals surface area contributed by atoms with Crippen LogP contribution in [0.1, 0.15) is 32.5 Å². The molecule has 0 aliphatic carbocycles. The van der Waals surface area contributed by atoms with Crippen molar-refractivity contribution in [2.45, 2.75) is 18.6 Å². The molecule has 4 N–H and O–H groups in total. The van der Waals surface area contributed by atoms with Crippen LogP contribution in [-0.4, -0.2) is 38.7 Å². The number of nitrogens with zero attached hydrogens (tertiary/aromatic N) is 1. The third-order valence-corrected chi connectivity index (χ3v) is 5.88. The summed E-state index contributed by atoms with van der Waals surface area (Å²) in [7, 11) is 0. The molecule has 29 heavy (non-hydrogen) atoms. The zero-order valence-electron chi connectivity index (χ0n) is 15.6. The van der Waals surface area contributed by atoms with Gasteiger partial charge in [-0.2, -0.15) is 0 Å². The fraction of sp³-hybridized carbons (Fsp3) is 0.182. The summed E-state index contributed by atoms with van der Waals surface area (Å²) >= 11 is 1.35. The first kappa shape index (κ1) is 19.3. The van der Waals surface area contributed by atoms with Crippen molar-refractivity contribution in [3.05, 3.63) is 87.9 Å². The summed E-state index contributed by atoms with van der Waals surface area (Å²) in [5.74, 6) is -0.302. The van der Waals surface area contributed by atoms with Crippen molar-refractivity contribution in [3.63, 3.8) is 0 Å². The summed E-state index contributed by atoms with van der Waals surface area (Å²) in [6.07, 6.45) is 3.19. The van der Waals surface area contributed by atoms with Gasteiger partial charge in [0.15, 0.2) is 0 Å². The number of hydrogen-bond donors (Lipinski definition) is 4. The molecule has 0 aliphatic heterocycles. The van der Waals surface area contributed by atoms with Crippen molar-refractivity contribution in [1.82, 2.24) is 15.3 Å². The lowest BCUT2D eigenvalue weighted by Crippen LogP contribution is -2.42. The normalized spacial score (nSPS) is 13.3. The number of rotatable bonds is 7. The van der Waals surface area contributed by atoms with Crippen molar-refractivity contribution in [1.29, 1.82) is 0 Å². The van der Waals surface area contributed by atoms with Gasteiger partial charge in [0.25, 0.3) is 5.91 Å². The number of pyridine rings is 1. The molecule has 3 aromatic heterocycles. The van der Waals surface area contributed by atoms with Gasteiger partial charge in [0.2, 0.25) is 0 Å². The molecule has 7 heteroatoms. The van der Waals surface area contributed by atoms with E-state index in [0.717, 1.165) is 22.2 Å². The van der Waals surface area contributed by atoms with Gasteiger partial charge >= 0.3 is 0 Å². The molecule has 2 unspecified atom stereocenters. The minimum absolute atomic E-state index is 0.302. The molecular formula is C22H21N3O3S. The van der Waals surface area contributed by atoms with E-state index in [9.17, 15) is 15.0 Å². The van der Waals surface area contributed by atoms with Crippen LogP contribution in [0.3, 0.4) is 0 Å². The van der Waals surface area contributed by atoms with Gasteiger partial charge in [-0.05, 0) is 46.7 Å². The molecule has 6 nitrogen and oxygen atoms in total. The van der Waals surface area contributed by atoms with Crippen LogP contribution in [0, 0.1) is 0 Å². The number of carbonyl (C=O) groups is 1. The van der Waals surface area contributed by atoms with Crippen LogP contribution in [0.5, 0.6) is 0 Å². The predicted molar refractivity (Wildman–Crippen MR) is 113 cm³/mol. The minimum Gasteiger partial charge on any atom is -0.394 e. The summed E-state index contributed by atoms with van der Waals surface area (Å²) in [5.41, 5.74) is 3.43. The van der Waals surface area contributed by atoms with E-state index in [0.29, 0.717) is 16.9 Å². The number of amides is 1. The highest BCUT2D eigenvalue weighted by molar-refractivity contribution is 7.12. The topological polar surface area (TPSA) is 98.2 Å². The number of carbonyl (C=O) groups excluding carboxylic acids is 1. The molecule has 0 saturated carbocycles. The molecule has 1 amide bonds. The molecule has 0 aliphatic rings. The molecule has 4 aromatic rings. The number of fused-ring (bicyclic) bond motifs is 1. The SMILES string of the molecule is O=C(NC(CO)C(O)c1ccccc1)c1sccc1Cc1ccnc2[nH]ccc12. The van der Waals surface area contributed by atoms with Gasteiger partial charge in [-0.3, -0.25) is 4.79 Å². The van der Waals surface area contributed by atoms with Crippen LogP contribution in [0.15, 0.2) is 66.3 Å². The lowest BCUT2D eigenvalue weighted by Gasteiger charge is -2.22. The summed E-state index contributed by atoms with van der Waals surface area (Å²) in [4.78, 5) is 20.9. The highest BCUT2D eigenvalue weighted by atomic mass is 32.1. The zero-order valence-corrected chi connectivity index (χ0v) is 16.4. The molecule has 0 saturated heterocycles. The second-order valence-electron chi connectivity index (χ2n) is 6.78. The third-order valence-electron chi connectivity index (χ3n) is 4.92. The molecule has 1 aromatic carbocycles. The van der Waals surface area contributed by atoms with E-state index in [1.54, 1.807) is 18.3 Å².